The largest absolute Gasteiger partial charge is 0.494 e. The number of nitrogens with one attached hydrogen (secondary N) is 1. The van der Waals surface area contributed by atoms with Crippen LogP contribution in [0.3, 0.4) is 0 Å². The molecule has 45 heavy (non-hydrogen) atoms. The second-order valence-corrected chi connectivity index (χ2v) is 13.6. The number of ether oxygens (including phenoxy) is 1. The van der Waals surface area contributed by atoms with Crippen LogP contribution in [0.4, 0.5) is 10.1 Å². The molecule has 3 aromatic carbocycles. The predicted octanol–water partition coefficient (Wildman–Crippen LogP) is 6.98. The minimum atomic E-state index is -4.34. The van der Waals surface area contributed by atoms with Crippen molar-refractivity contribution in [2.24, 2.45) is 0 Å². The summed E-state index contributed by atoms with van der Waals surface area (Å²) in [6.07, 6.45) is 5.09. The number of benzene rings is 3. The number of halogens is 3. The van der Waals surface area contributed by atoms with Crippen LogP contribution in [0.5, 0.6) is 5.75 Å². The number of amides is 2. The molecule has 0 aromatic heterocycles. The van der Waals surface area contributed by atoms with E-state index in [0.717, 1.165) is 48.5 Å². The number of nitrogens with zero attached hydrogens (tertiary/aromatic N) is 2. The smallest absolute Gasteiger partial charge is 0.264 e. The van der Waals surface area contributed by atoms with Gasteiger partial charge in [0, 0.05) is 28.2 Å². The molecule has 0 bridgehead atoms. The van der Waals surface area contributed by atoms with Crippen molar-refractivity contribution in [2.45, 2.75) is 75.9 Å². The second-order valence-electron chi connectivity index (χ2n) is 10.9. The highest BCUT2D eigenvalue weighted by atomic mass is 35.5. The zero-order chi connectivity index (χ0) is 32.6. The molecular weight excluding hydrogens is 640 g/mol. The first-order valence-corrected chi connectivity index (χ1v) is 17.3. The minimum Gasteiger partial charge on any atom is -0.494 e. The van der Waals surface area contributed by atoms with Gasteiger partial charge in [0.25, 0.3) is 10.0 Å². The van der Waals surface area contributed by atoms with Crippen molar-refractivity contribution < 1.29 is 27.1 Å². The molecule has 1 saturated carbocycles. The van der Waals surface area contributed by atoms with Crippen molar-refractivity contribution in [3.05, 3.63) is 88.2 Å². The number of carbonyl (C=O) groups excluding carboxylic acids is 2. The summed E-state index contributed by atoms with van der Waals surface area (Å²) in [6.45, 7) is 3.20. The van der Waals surface area contributed by atoms with Crippen LogP contribution >= 0.6 is 23.2 Å². The van der Waals surface area contributed by atoms with E-state index in [0.29, 0.717) is 28.0 Å². The molecule has 0 spiro atoms. The fraction of sp³-hybridized carbons (Fsp3) is 0.394. The zero-order valence-corrected chi connectivity index (χ0v) is 27.7. The van der Waals surface area contributed by atoms with Gasteiger partial charge < -0.3 is 15.0 Å². The van der Waals surface area contributed by atoms with Gasteiger partial charge in [0.15, 0.2) is 0 Å². The van der Waals surface area contributed by atoms with Crippen LogP contribution in [0.15, 0.2) is 71.6 Å². The Balaban J connectivity index is 1.73. The average Bonchev–Trinajstić information content (AvgIpc) is 3.02. The lowest BCUT2D eigenvalue weighted by Gasteiger charge is -2.34. The van der Waals surface area contributed by atoms with E-state index in [2.05, 4.69) is 5.32 Å². The lowest BCUT2D eigenvalue weighted by molar-refractivity contribution is -0.140. The summed E-state index contributed by atoms with van der Waals surface area (Å²) in [5.41, 5.74) is 0.509. The van der Waals surface area contributed by atoms with Gasteiger partial charge in [0.2, 0.25) is 11.8 Å². The zero-order valence-electron chi connectivity index (χ0n) is 25.3. The lowest BCUT2D eigenvalue weighted by Crippen LogP contribution is -2.54. The first-order chi connectivity index (χ1) is 21.5. The third kappa shape index (κ3) is 8.68. The summed E-state index contributed by atoms with van der Waals surface area (Å²) in [5, 5.41) is 3.71. The number of hydrogen-bond acceptors (Lipinski definition) is 5. The molecule has 242 valence electrons. The maximum Gasteiger partial charge on any atom is 0.264 e. The van der Waals surface area contributed by atoms with Crippen LogP contribution < -0.4 is 14.4 Å². The fourth-order valence-corrected chi connectivity index (χ4v) is 7.39. The summed E-state index contributed by atoms with van der Waals surface area (Å²) in [5.74, 6) is -1.07. The van der Waals surface area contributed by atoms with E-state index in [1.165, 1.54) is 41.3 Å². The van der Waals surface area contributed by atoms with Gasteiger partial charge in [-0.05, 0) is 86.8 Å². The molecule has 1 aliphatic rings. The Morgan fingerprint density at radius 3 is 2.16 bits per heavy atom. The van der Waals surface area contributed by atoms with E-state index < -0.39 is 34.3 Å². The van der Waals surface area contributed by atoms with Gasteiger partial charge in [-0.25, -0.2) is 12.8 Å². The molecule has 1 fully saturated rings. The molecule has 0 heterocycles. The van der Waals surface area contributed by atoms with Crippen LogP contribution in [0, 0.1) is 5.82 Å². The molecule has 12 heteroatoms. The Bertz CT molecular complexity index is 1550. The van der Waals surface area contributed by atoms with E-state index >= 15 is 0 Å². The maximum absolute atomic E-state index is 14.3. The van der Waals surface area contributed by atoms with Crippen LogP contribution in [0.2, 0.25) is 10.0 Å². The number of rotatable bonds is 13. The van der Waals surface area contributed by atoms with E-state index in [-0.39, 0.29) is 35.5 Å². The molecule has 0 saturated heterocycles. The Morgan fingerprint density at radius 1 is 0.956 bits per heavy atom. The van der Waals surface area contributed by atoms with Crippen molar-refractivity contribution >= 4 is 50.7 Å². The quantitative estimate of drug-likeness (QED) is 0.211. The molecule has 8 nitrogen and oxygen atoms in total. The molecule has 1 atom stereocenters. The molecular formula is C33H38Cl2FN3O5S. The summed E-state index contributed by atoms with van der Waals surface area (Å²) < 4.78 is 48.4. The fourth-order valence-electron chi connectivity index (χ4n) is 5.46. The predicted molar refractivity (Wildman–Crippen MR) is 175 cm³/mol. The van der Waals surface area contributed by atoms with E-state index in [1.54, 1.807) is 25.1 Å². The normalized spacial score (nSPS) is 14.4. The highest BCUT2D eigenvalue weighted by molar-refractivity contribution is 7.92. The number of carbonyl (C=O) groups is 2. The average molecular weight is 679 g/mol. The minimum absolute atomic E-state index is 0.00287. The van der Waals surface area contributed by atoms with Crippen LogP contribution in [-0.4, -0.2) is 50.4 Å². The molecule has 0 radical (unpaired) electrons. The maximum atomic E-state index is 14.3. The molecule has 0 unspecified atom stereocenters. The summed E-state index contributed by atoms with van der Waals surface area (Å²) >= 11 is 13.0. The Hall–Kier alpha value is -3.34. The Morgan fingerprint density at radius 2 is 1.58 bits per heavy atom. The highest BCUT2D eigenvalue weighted by Gasteiger charge is 2.35. The molecule has 0 aliphatic heterocycles. The van der Waals surface area contributed by atoms with Crippen LogP contribution in [0.1, 0.15) is 57.9 Å². The van der Waals surface area contributed by atoms with Gasteiger partial charge in [-0.15, -0.1) is 0 Å². The lowest BCUT2D eigenvalue weighted by atomic mass is 9.95. The van der Waals surface area contributed by atoms with E-state index in [9.17, 15) is 22.4 Å². The van der Waals surface area contributed by atoms with Gasteiger partial charge >= 0.3 is 0 Å². The summed E-state index contributed by atoms with van der Waals surface area (Å²) in [4.78, 5) is 29.2. The monoisotopic (exact) mass is 677 g/mol. The van der Waals surface area contributed by atoms with Crippen molar-refractivity contribution in [2.75, 3.05) is 17.5 Å². The number of hydrogen-bond donors (Lipinski definition) is 1. The van der Waals surface area contributed by atoms with Crippen molar-refractivity contribution in [1.29, 1.82) is 0 Å². The topological polar surface area (TPSA) is 96.0 Å². The van der Waals surface area contributed by atoms with Gasteiger partial charge in [0.1, 0.15) is 24.2 Å². The molecule has 1 aliphatic carbocycles. The Kier molecular flexibility index (Phi) is 12.1. The summed E-state index contributed by atoms with van der Waals surface area (Å²) in [7, 11) is -4.34. The van der Waals surface area contributed by atoms with Crippen LogP contribution in [0.25, 0.3) is 0 Å². The van der Waals surface area contributed by atoms with Gasteiger partial charge in [-0.2, -0.15) is 0 Å². The standard InChI is InChI=1S/C33H38Cl2FN3O5S/c1-3-31(33(41)37-24-9-6-5-7-10-24)38(21-28-29(34)11-8-12-30(28)35)32(40)22-39(25-15-13-23(36)14-16-25)45(42,43)27-19-17-26(18-20-27)44-4-2/h8,11-20,24,31H,3-7,9-10,21-22H2,1-2H3,(H,37,41)/t31-/m1/s1. The number of anilines is 1. The van der Waals surface area contributed by atoms with Gasteiger partial charge in [-0.1, -0.05) is 55.5 Å². The van der Waals surface area contributed by atoms with E-state index in [4.69, 9.17) is 27.9 Å². The number of sulfonamides is 1. The van der Waals surface area contributed by atoms with Crippen molar-refractivity contribution in [3.63, 3.8) is 0 Å². The summed E-state index contributed by atoms with van der Waals surface area (Å²) in [6, 6.07) is 14.6. The van der Waals surface area contributed by atoms with Gasteiger partial charge in [0.05, 0.1) is 17.2 Å². The molecule has 3 aromatic rings. The van der Waals surface area contributed by atoms with E-state index in [1.807, 2.05) is 6.92 Å². The molecule has 1 N–H and O–H groups in total. The molecule has 2 amide bonds. The first kappa shape index (κ1) is 34.5. The van der Waals surface area contributed by atoms with Crippen molar-refractivity contribution in [3.8, 4) is 5.75 Å². The van der Waals surface area contributed by atoms with Crippen LogP contribution in [-0.2, 0) is 26.2 Å². The van der Waals surface area contributed by atoms with Crippen molar-refractivity contribution in [1.82, 2.24) is 10.2 Å². The SMILES string of the molecule is CCOc1ccc(S(=O)(=O)N(CC(=O)N(Cc2c(Cl)cccc2Cl)[C@H](CC)C(=O)NC2CCCCC2)c2ccc(F)cc2)cc1. The third-order valence-electron chi connectivity index (χ3n) is 7.84. The third-order valence-corrected chi connectivity index (χ3v) is 10.3. The second kappa shape index (κ2) is 15.8. The Labute approximate surface area is 274 Å². The van der Waals surface area contributed by atoms with Gasteiger partial charge in [-0.3, -0.25) is 13.9 Å². The highest BCUT2D eigenvalue weighted by Crippen LogP contribution is 2.29. The molecule has 4 rings (SSSR count). The first-order valence-electron chi connectivity index (χ1n) is 15.1.